The van der Waals surface area contributed by atoms with Crippen LogP contribution in [-0.2, 0) is 0 Å². The molecular formula is C28H49FN3OU-. The molecule has 0 radical (unpaired) electrons. The number of aliphatic hydroxyl groups is 1. The summed E-state index contributed by atoms with van der Waals surface area (Å²) in [6.45, 7) is 17.1. The summed E-state index contributed by atoms with van der Waals surface area (Å²) in [5.74, 6) is 1.03. The third-order valence-corrected chi connectivity index (χ3v) is 4.93. The van der Waals surface area contributed by atoms with Crippen LogP contribution >= 0.6 is 0 Å². The van der Waals surface area contributed by atoms with Crippen molar-refractivity contribution in [3.63, 3.8) is 0 Å². The SMILES string of the molecule is CC.CC1=NC(N)=CCN=C1c1[c-]cc(C)cc1F.CCCCCCC(C)CC.CCCO.[U]. The summed E-state index contributed by atoms with van der Waals surface area (Å²) in [5, 5.41) is 7.88. The molecule has 0 aliphatic carbocycles. The molecule has 1 aliphatic heterocycles. The average Bonchev–Trinajstić information content (AvgIpc) is 2.98. The fraction of sp³-hybridized carbons (Fsp3) is 0.643. The Morgan fingerprint density at radius 1 is 1.12 bits per heavy atom. The van der Waals surface area contributed by atoms with Crippen LogP contribution in [-0.4, -0.2) is 29.7 Å². The summed E-state index contributed by atoms with van der Waals surface area (Å²) in [6.07, 6.45) is 11.0. The first-order chi connectivity index (χ1) is 15.8. The number of nitrogens with zero attached hydrogens (tertiary/aromatic N) is 2. The minimum absolute atomic E-state index is 0. The second-order valence-electron chi connectivity index (χ2n) is 8.00. The zero-order chi connectivity index (χ0) is 25.6. The van der Waals surface area contributed by atoms with Gasteiger partial charge in [0.25, 0.3) is 0 Å². The smallest absolute Gasteiger partial charge is 0.120 e. The van der Waals surface area contributed by atoms with E-state index in [9.17, 15) is 4.39 Å². The largest absolute Gasteiger partial charge is 0.396 e. The number of aliphatic imine (C=N–C) groups is 2. The van der Waals surface area contributed by atoms with Gasteiger partial charge in [-0.2, -0.15) is 0 Å². The quantitative estimate of drug-likeness (QED) is 0.219. The maximum atomic E-state index is 13.8. The summed E-state index contributed by atoms with van der Waals surface area (Å²) in [5.41, 5.74) is 7.92. The molecule has 1 aromatic carbocycles. The van der Waals surface area contributed by atoms with Crippen molar-refractivity contribution in [2.24, 2.45) is 21.6 Å². The number of nitrogens with two attached hydrogens (primary N) is 1. The van der Waals surface area contributed by atoms with Crippen molar-refractivity contribution in [3.8, 4) is 0 Å². The molecule has 0 saturated carbocycles. The monoisotopic (exact) mass is 700 g/mol. The van der Waals surface area contributed by atoms with Gasteiger partial charge < -0.3 is 15.8 Å². The van der Waals surface area contributed by atoms with Crippen molar-refractivity contribution in [2.75, 3.05) is 13.2 Å². The van der Waals surface area contributed by atoms with Crippen LogP contribution in [0, 0.1) is 55.8 Å². The van der Waals surface area contributed by atoms with Crippen molar-refractivity contribution in [1.29, 1.82) is 0 Å². The molecule has 0 fully saturated rings. The predicted octanol–water partition coefficient (Wildman–Crippen LogP) is 7.42. The Bertz CT molecular complexity index is 716. The molecule has 2 rings (SSSR count). The van der Waals surface area contributed by atoms with Crippen LogP contribution in [0.2, 0.25) is 0 Å². The number of hydrogen-bond acceptors (Lipinski definition) is 4. The number of benzene rings is 1. The molecule has 4 nitrogen and oxygen atoms in total. The Hall–Kier alpha value is -0.958. The van der Waals surface area contributed by atoms with Gasteiger partial charge in [-0.15, -0.1) is 23.8 Å². The molecule has 3 N–H and O–H groups in total. The second-order valence-corrected chi connectivity index (χ2v) is 8.00. The number of rotatable bonds is 8. The van der Waals surface area contributed by atoms with Crippen LogP contribution in [0.1, 0.15) is 105 Å². The standard InChI is InChI=1S/C13H13FN3.C10H22.C3H8O.C2H6.U/c1-8-3-4-10(11(14)7-8)13-9(2)17-12(15)5-6-16-13;1-4-6-7-8-9-10(3)5-2;1-2-3-4;1-2;/h3,5,7H,6,15H2,1-2H3;10H,4-9H2,1-3H3;4H,2-3H2,1H3;1-2H3;/q-1;;;;. The molecule has 1 atom stereocenters. The summed E-state index contributed by atoms with van der Waals surface area (Å²) >= 11 is 0. The van der Waals surface area contributed by atoms with Crippen LogP contribution in [0.25, 0.3) is 0 Å². The van der Waals surface area contributed by atoms with Gasteiger partial charge in [-0.05, 0) is 25.3 Å². The molecule has 0 bridgehead atoms. The first kappa shape index (κ1) is 37.6. The number of aryl methyl sites for hydroxylation is 1. The van der Waals surface area contributed by atoms with Crippen LogP contribution in [0.4, 0.5) is 4.39 Å². The minimum atomic E-state index is -0.334. The van der Waals surface area contributed by atoms with E-state index in [1.165, 1.54) is 44.6 Å². The predicted molar refractivity (Wildman–Crippen MR) is 144 cm³/mol. The van der Waals surface area contributed by atoms with Gasteiger partial charge in [-0.25, -0.2) is 4.99 Å². The number of halogens is 1. The first-order valence-corrected chi connectivity index (χ1v) is 12.6. The Morgan fingerprint density at radius 2 is 1.74 bits per heavy atom. The van der Waals surface area contributed by atoms with Gasteiger partial charge in [0.2, 0.25) is 0 Å². The molecular weight excluding hydrogens is 651 g/mol. The second kappa shape index (κ2) is 25.1. The first-order valence-electron chi connectivity index (χ1n) is 12.6. The normalized spacial score (nSPS) is 12.9. The minimum Gasteiger partial charge on any atom is -0.396 e. The van der Waals surface area contributed by atoms with E-state index in [0.29, 0.717) is 36.0 Å². The van der Waals surface area contributed by atoms with E-state index in [-0.39, 0.29) is 36.9 Å². The molecule has 1 heterocycles. The molecule has 1 unspecified atom stereocenters. The van der Waals surface area contributed by atoms with Crippen molar-refractivity contribution in [2.45, 2.75) is 100 Å². The summed E-state index contributed by atoms with van der Waals surface area (Å²) in [6, 6.07) is 6.09. The van der Waals surface area contributed by atoms with E-state index in [2.05, 4.69) is 36.8 Å². The van der Waals surface area contributed by atoms with Crippen LogP contribution in [0.15, 0.2) is 34.0 Å². The Balaban J connectivity index is -0.000000485. The number of unbranched alkanes of at least 4 members (excludes halogenated alkanes) is 3. The van der Waals surface area contributed by atoms with E-state index < -0.39 is 0 Å². The average molecular weight is 701 g/mol. The molecule has 1 aromatic rings. The van der Waals surface area contributed by atoms with Gasteiger partial charge >= 0.3 is 0 Å². The Labute approximate surface area is 233 Å². The fourth-order valence-electron chi connectivity index (χ4n) is 2.77. The van der Waals surface area contributed by atoms with E-state index in [0.717, 1.165) is 17.9 Å². The third kappa shape index (κ3) is 18.4. The summed E-state index contributed by atoms with van der Waals surface area (Å²) in [7, 11) is 0. The molecule has 0 saturated heterocycles. The van der Waals surface area contributed by atoms with Gasteiger partial charge in [-0.3, -0.25) is 4.39 Å². The molecule has 1 aliphatic rings. The Kier molecular flexibility index (Phi) is 27.8. The van der Waals surface area contributed by atoms with Gasteiger partial charge in [0.1, 0.15) is 5.82 Å². The molecule has 0 spiro atoms. The van der Waals surface area contributed by atoms with Gasteiger partial charge in [0.05, 0.1) is 6.54 Å². The number of aliphatic hydroxyl groups excluding tert-OH is 1. The number of hydrogen-bond donors (Lipinski definition) is 2. The van der Waals surface area contributed by atoms with Crippen LogP contribution in [0.3, 0.4) is 0 Å². The maximum Gasteiger partial charge on any atom is 0.120 e. The maximum absolute atomic E-state index is 13.8. The molecule has 34 heavy (non-hydrogen) atoms. The fourth-order valence-corrected chi connectivity index (χ4v) is 2.77. The van der Waals surface area contributed by atoms with Crippen molar-refractivity contribution in [1.82, 2.24) is 0 Å². The van der Waals surface area contributed by atoms with Gasteiger partial charge in [0, 0.05) is 55.0 Å². The zero-order valence-electron chi connectivity index (χ0n) is 23.0. The summed E-state index contributed by atoms with van der Waals surface area (Å²) in [4.78, 5) is 8.41. The third-order valence-electron chi connectivity index (χ3n) is 4.93. The van der Waals surface area contributed by atoms with Gasteiger partial charge in [-0.1, -0.05) is 92.6 Å². The van der Waals surface area contributed by atoms with Crippen molar-refractivity contribution >= 4 is 11.4 Å². The van der Waals surface area contributed by atoms with Crippen LogP contribution in [0.5, 0.6) is 0 Å². The molecule has 194 valence electrons. The Morgan fingerprint density at radius 3 is 2.24 bits per heavy atom. The van der Waals surface area contributed by atoms with E-state index in [1.54, 1.807) is 19.1 Å². The van der Waals surface area contributed by atoms with Crippen molar-refractivity contribution in [3.05, 3.63) is 47.0 Å². The topological polar surface area (TPSA) is 71.0 Å². The van der Waals surface area contributed by atoms with Crippen molar-refractivity contribution < 1.29 is 40.6 Å². The molecule has 0 amide bonds. The summed E-state index contributed by atoms with van der Waals surface area (Å²) < 4.78 is 13.8. The van der Waals surface area contributed by atoms with Gasteiger partial charge in [0.15, 0.2) is 0 Å². The van der Waals surface area contributed by atoms with E-state index in [4.69, 9.17) is 10.8 Å². The molecule has 6 heteroatoms. The molecule has 0 aromatic heterocycles. The van der Waals surface area contributed by atoms with E-state index >= 15 is 0 Å². The zero-order valence-corrected chi connectivity index (χ0v) is 27.1. The van der Waals surface area contributed by atoms with Crippen LogP contribution < -0.4 is 5.73 Å². The van der Waals surface area contributed by atoms with E-state index in [1.807, 2.05) is 27.7 Å².